The van der Waals surface area contributed by atoms with Gasteiger partial charge in [0.05, 0.1) is 4.90 Å². The fourth-order valence-electron chi connectivity index (χ4n) is 2.02. The van der Waals surface area contributed by atoms with Crippen LogP contribution in [0, 0.1) is 0 Å². The molecule has 0 spiro atoms. The van der Waals surface area contributed by atoms with Gasteiger partial charge in [-0.15, -0.1) is 0 Å². The van der Waals surface area contributed by atoms with E-state index >= 15 is 0 Å². The Hall–Kier alpha value is -0.950. The highest BCUT2D eigenvalue weighted by atomic mass is 32.2. The number of hydrogen-bond acceptors (Lipinski definition) is 4. The minimum atomic E-state index is -3.41. The first kappa shape index (κ1) is 18.1. The van der Waals surface area contributed by atoms with Crippen molar-refractivity contribution in [3.8, 4) is 0 Å². The molecule has 1 atom stereocenters. The molecule has 0 saturated heterocycles. The highest BCUT2D eigenvalue weighted by molar-refractivity contribution is 7.89. The first-order valence-electron chi connectivity index (χ1n) is 7.33. The Kier molecular flexibility index (Phi) is 7.88. The molecular weight excluding hydrogens is 288 g/mol. The smallest absolute Gasteiger partial charge is 0.240 e. The number of unbranched alkanes of at least 4 members (excludes halogenated alkanes) is 1. The van der Waals surface area contributed by atoms with Crippen LogP contribution < -0.4 is 10.0 Å². The zero-order chi connectivity index (χ0) is 15.7. The quantitative estimate of drug-likeness (QED) is 0.649. The van der Waals surface area contributed by atoms with Crippen LogP contribution in [-0.4, -0.2) is 35.2 Å². The lowest BCUT2D eigenvalue weighted by Gasteiger charge is -2.13. The molecule has 0 fully saturated rings. The van der Waals surface area contributed by atoms with Gasteiger partial charge in [0, 0.05) is 26.3 Å². The van der Waals surface area contributed by atoms with Crippen molar-refractivity contribution in [2.45, 2.75) is 37.6 Å². The van der Waals surface area contributed by atoms with Crippen molar-refractivity contribution >= 4 is 10.0 Å². The van der Waals surface area contributed by atoms with E-state index in [4.69, 9.17) is 4.74 Å². The van der Waals surface area contributed by atoms with E-state index in [9.17, 15) is 8.42 Å². The van der Waals surface area contributed by atoms with E-state index in [1.807, 2.05) is 19.1 Å². The van der Waals surface area contributed by atoms with Crippen LogP contribution in [0.25, 0.3) is 0 Å². The minimum Gasteiger partial charge on any atom is -0.385 e. The van der Waals surface area contributed by atoms with Crippen molar-refractivity contribution in [3.63, 3.8) is 0 Å². The summed E-state index contributed by atoms with van der Waals surface area (Å²) >= 11 is 0. The minimum absolute atomic E-state index is 0.216. The molecular formula is C15H26N2O3S. The lowest BCUT2D eigenvalue weighted by atomic mass is 10.1. The molecule has 1 aromatic rings. The number of ether oxygens (including phenoxy) is 1. The first-order valence-corrected chi connectivity index (χ1v) is 8.81. The van der Waals surface area contributed by atoms with Gasteiger partial charge in [-0.25, -0.2) is 13.1 Å². The summed E-state index contributed by atoms with van der Waals surface area (Å²) in [6, 6.07) is 7.23. The van der Waals surface area contributed by atoms with Crippen LogP contribution in [0.15, 0.2) is 29.2 Å². The Labute approximate surface area is 128 Å². The van der Waals surface area contributed by atoms with Gasteiger partial charge in [0.1, 0.15) is 0 Å². The van der Waals surface area contributed by atoms with E-state index < -0.39 is 10.0 Å². The van der Waals surface area contributed by atoms with Crippen molar-refractivity contribution in [2.24, 2.45) is 0 Å². The third-order valence-electron chi connectivity index (χ3n) is 3.27. The first-order chi connectivity index (χ1) is 10.0. The molecule has 6 heteroatoms. The summed E-state index contributed by atoms with van der Waals surface area (Å²) in [4.78, 5) is 0.307. The Morgan fingerprint density at radius 3 is 2.43 bits per heavy atom. The molecule has 1 aromatic carbocycles. The van der Waals surface area contributed by atoms with Gasteiger partial charge in [-0.2, -0.15) is 0 Å². The lowest BCUT2D eigenvalue weighted by molar-refractivity contribution is 0.193. The van der Waals surface area contributed by atoms with Gasteiger partial charge >= 0.3 is 0 Å². The zero-order valence-corrected chi connectivity index (χ0v) is 13.9. The Balaban J connectivity index is 2.59. The summed E-state index contributed by atoms with van der Waals surface area (Å²) < 4.78 is 31.8. The Morgan fingerprint density at radius 2 is 1.86 bits per heavy atom. The Morgan fingerprint density at radius 1 is 1.19 bits per heavy atom. The molecule has 120 valence electrons. The number of rotatable bonds is 10. The van der Waals surface area contributed by atoms with Gasteiger partial charge in [-0.05, 0) is 44.0 Å². The van der Waals surface area contributed by atoms with Crippen molar-refractivity contribution in [1.29, 1.82) is 0 Å². The lowest BCUT2D eigenvalue weighted by Crippen LogP contribution is -2.25. The molecule has 5 nitrogen and oxygen atoms in total. The Bertz CT molecular complexity index is 500. The zero-order valence-electron chi connectivity index (χ0n) is 13.1. The fourth-order valence-corrected chi connectivity index (χ4v) is 3.10. The molecule has 0 aliphatic rings. The van der Waals surface area contributed by atoms with Crippen molar-refractivity contribution in [3.05, 3.63) is 29.8 Å². The summed E-state index contributed by atoms with van der Waals surface area (Å²) in [5.74, 6) is 0. The molecule has 0 heterocycles. The third kappa shape index (κ3) is 6.13. The summed E-state index contributed by atoms with van der Waals surface area (Å²) in [5, 5.41) is 3.30. The molecule has 0 amide bonds. The molecule has 21 heavy (non-hydrogen) atoms. The van der Waals surface area contributed by atoms with E-state index in [1.54, 1.807) is 19.2 Å². The van der Waals surface area contributed by atoms with Gasteiger partial charge in [0.15, 0.2) is 0 Å². The molecule has 0 saturated carbocycles. The largest absolute Gasteiger partial charge is 0.385 e. The maximum absolute atomic E-state index is 12.1. The summed E-state index contributed by atoms with van der Waals surface area (Å²) in [6.45, 7) is 6.06. The SMILES string of the molecule is CCNC(C)c1ccc(S(=O)(=O)NCCCCOC)cc1. The third-order valence-corrected chi connectivity index (χ3v) is 4.74. The molecule has 0 radical (unpaired) electrons. The molecule has 2 N–H and O–H groups in total. The van der Waals surface area contributed by atoms with Gasteiger partial charge in [0.2, 0.25) is 10.0 Å². The summed E-state index contributed by atoms with van der Waals surface area (Å²) in [7, 11) is -1.77. The van der Waals surface area contributed by atoms with Crippen LogP contribution in [0.3, 0.4) is 0 Å². The number of nitrogens with one attached hydrogen (secondary N) is 2. The number of sulfonamides is 1. The average molecular weight is 314 g/mol. The molecule has 0 aliphatic heterocycles. The van der Waals surface area contributed by atoms with Crippen molar-refractivity contribution in [2.75, 3.05) is 26.8 Å². The van der Waals surface area contributed by atoms with Gasteiger partial charge in [-0.1, -0.05) is 19.1 Å². The van der Waals surface area contributed by atoms with E-state index in [-0.39, 0.29) is 6.04 Å². The highest BCUT2D eigenvalue weighted by Crippen LogP contribution is 2.16. The van der Waals surface area contributed by atoms with E-state index in [2.05, 4.69) is 17.0 Å². The maximum Gasteiger partial charge on any atom is 0.240 e. The molecule has 0 bridgehead atoms. The van der Waals surface area contributed by atoms with E-state index in [0.29, 0.717) is 18.0 Å². The number of methoxy groups -OCH3 is 1. The summed E-state index contributed by atoms with van der Waals surface area (Å²) in [5.41, 5.74) is 1.08. The predicted molar refractivity (Wildman–Crippen MR) is 84.8 cm³/mol. The van der Waals surface area contributed by atoms with Crippen LogP contribution >= 0.6 is 0 Å². The summed E-state index contributed by atoms with van der Waals surface area (Å²) in [6.07, 6.45) is 1.61. The topological polar surface area (TPSA) is 67.4 Å². The van der Waals surface area contributed by atoms with Crippen LogP contribution in [0.4, 0.5) is 0 Å². The average Bonchev–Trinajstić information content (AvgIpc) is 2.47. The second-order valence-corrected chi connectivity index (χ2v) is 6.71. The molecule has 1 rings (SSSR count). The van der Waals surface area contributed by atoms with Crippen molar-refractivity contribution < 1.29 is 13.2 Å². The van der Waals surface area contributed by atoms with Gasteiger partial charge < -0.3 is 10.1 Å². The molecule has 0 aliphatic carbocycles. The second kappa shape index (κ2) is 9.15. The normalized spacial score (nSPS) is 13.3. The molecule has 1 unspecified atom stereocenters. The number of benzene rings is 1. The maximum atomic E-state index is 12.1. The predicted octanol–water partition coefficient (Wildman–Crippen LogP) is 2.06. The van der Waals surface area contributed by atoms with Gasteiger partial charge in [-0.3, -0.25) is 0 Å². The van der Waals surface area contributed by atoms with E-state index in [1.165, 1.54) is 0 Å². The van der Waals surface area contributed by atoms with Crippen LogP contribution in [-0.2, 0) is 14.8 Å². The van der Waals surface area contributed by atoms with Crippen molar-refractivity contribution in [1.82, 2.24) is 10.0 Å². The molecule has 0 aromatic heterocycles. The van der Waals surface area contributed by atoms with Crippen LogP contribution in [0.1, 0.15) is 38.3 Å². The highest BCUT2D eigenvalue weighted by Gasteiger charge is 2.13. The monoisotopic (exact) mass is 314 g/mol. The van der Waals surface area contributed by atoms with Crippen LogP contribution in [0.5, 0.6) is 0 Å². The van der Waals surface area contributed by atoms with Crippen LogP contribution in [0.2, 0.25) is 0 Å². The number of hydrogen-bond donors (Lipinski definition) is 2. The standard InChI is InChI=1S/C15H26N2O3S/c1-4-16-13(2)14-7-9-15(10-8-14)21(18,19)17-11-5-6-12-20-3/h7-10,13,16-17H,4-6,11-12H2,1-3H3. The van der Waals surface area contributed by atoms with Gasteiger partial charge in [0.25, 0.3) is 0 Å². The fraction of sp³-hybridized carbons (Fsp3) is 0.600. The second-order valence-electron chi connectivity index (χ2n) is 4.95. The van der Waals surface area contributed by atoms with E-state index in [0.717, 1.165) is 24.9 Å².